The van der Waals surface area contributed by atoms with Gasteiger partial charge in [-0.05, 0) is 30.4 Å². The molecule has 0 amide bonds. The van der Waals surface area contributed by atoms with Gasteiger partial charge in [-0.2, -0.15) is 0 Å². The smallest absolute Gasteiger partial charge is 0.304 e. The third-order valence-electron chi connectivity index (χ3n) is 3.86. The molecule has 1 aromatic rings. The minimum absolute atomic E-state index is 0.253. The fraction of sp³-hybridized carbons (Fsp3) is 0.533. The van der Waals surface area contributed by atoms with Crippen molar-refractivity contribution >= 4 is 5.97 Å². The molecular formula is C15H21NO2. The van der Waals surface area contributed by atoms with Gasteiger partial charge in [0.1, 0.15) is 0 Å². The van der Waals surface area contributed by atoms with E-state index in [9.17, 15) is 4.79 Å². The van der Waals surface area contributed by atoms with Crippen molar-refractivity contribution in [2.75, 3.05) is 19.6 Å². The van der Waals surface area contributed by atoms with Crippen LogP contribution in [0.15, 0.2) is 30.3 Å². The molecule has 18 heavy (non-hydrogen) atoms. The number of benzene rings is 1. The summed E-state index contributed by atoms with van der Waals surface area (Å²) in [7, 11) is 0. The van der Waals surface area contributed by atoms with Gasteiger partial charge in [-0.1, -0.05) is 37.3 Å². The highest BCUT2D eigenvalue weighted by atomic mass is 16.4. The average Bonchev–Trinajstić information content (AvgIpc) is 2.37. The molecule has 1 saturated heterocycles. The number of piperidine rings is 1. The van der Waals surface area contributed by atoms with E-state index in [1.807, 2.05) is 0 Å². The number of carboxylic acids is 1. The largest absolute Gasteiger partial charge is 0.481 e. The molecule has 1 fully saturated rings. The molecule has 3 heteroatoms. The number of hydrogen-bond acceptors (Lipinski definition) is 2. The molecular weight excluding hydrogens is 226 g/mol. The topological polar surface area (TPSA) is 40.5 Å². The molecule has 3 nitrogen and oxygen atoms in total. The van der Waals surface area contributed by atoms with Crippen molar-refractivity contribution in [1.82, 2.24) is 4.90 Å². The summed E-state index contributed by atoms with van der Waals surface area (Å²) in [6.07, 6.45) is 1.38. The number of aliphatic carboxylic acids is 1. The molecule has 0 bridgehead atoms. The number of carboxylic acid groups (broad SMARTS) is 1. The van der Waals surface area contributed by atoms with Gasteiger partial charge in [0.2, 0.25) is 0 Å². The molecule has 0 unspecified atom stereocenters. The van der Waals surface area contributed by atoms with Gasteiger partial charge in [0.15, 0.2) is 0 Å². The lowest BCUT2D eigenvalue weighted by Gasteiger charge is -2.37. The SMILES string of the molecule is C[C@@H]1CN(CCC(=O)O)CC[C@@H]1c1ccccc1. The normalized spacial score (nSPS) is 24.9. The van der Waals surface area contributed by atoms with Gasteiger partial charge >= 0.3 is 5.97 Å². The average molecular weight is 247 g/mol. The third-order valence-corrected chi connectivity index (χ3v) is 3.86. The Morgan fingerprint density at radius 1 is 1.39 bits per heavy atom. The van der Waals surface area contributed by atoms with Crippen molar-refractivity contribution in [3.63, 3.8) is 0 Å². The first-order valence-corrected chi connectivity index (χ1v) is 6.66. The summed E-state index contributed by atoms with van der Waals surface area (Å²) in [5.74, 6) is 0.509. The maximum atomic E-state index is 10.6. The summed E-state index contributed by atoms with van der Waals surface area (Å²) in [6, 6.07) is 10.6. The molecule has 1 aromatic carbocycles. The Bertz CT molecular complexity index is 391. The molecule has 0 aromatic heterocycles. The maximum Gasteiger partial charge on any atom is 0.304 e. The quantitative estimate of drug-likeness (QED) is 0.889. The van der Waals surface area contributed by atoms with Crippen molar-refractivity contribution in [1.29, 1.82) is 0 Å². The van der Waals surface area contributed by atoms with Gasteiger partial charge in [0.05, 0.1) is 6.42 Å². The predicted molar refractivity (Wildman–Crippen MR) is 71.7 cm³/mol. The van der Waals surface area contributed by atoms with E-state index < -0.39 is 5.97 Å². The molecule has 1 aliphatic heterocycles. The highest BCUT2D eigenvalue weighted by Gasteiger charge is 2.26. The van der Waals surface area contributed by atoms with Crippen molar-refractivity contribution in [2.45, 2.75) is 25.7 Å². The number of carbonyl (C=O) groups is 1. The van der Waals surface area contributed by atoms with Crippen LogP contribution in [0.25, 0.3) is 0 Å². The fourth-order valence-electron chi connectivity index (χ4n) is 2.88. The van der Waals surface area contributed by atoms with Crippen LogP contribution in [0.3, 0.4) is 0 Å². The fourth-order valence-corrected chi connectivity index (χ4v) is 2.88. The van der Waals surface area contributed by atoms with Gasteiger partial charge in [0, 0.05) is 13.1 Å². The van der Waals surface area contributed by atoms with E-state index >= 15 is 0 Å². The molecule has 1 heterocycles. The van der Waals surface area contributed by atoms with E-state index in [0.717, 1.165) is 19.5 Å². The van der Waals surface area contributed by atoms with Crippen LogP contribution in [-0.2, 0) is 4.79 Å². The first-order valence-electron chi connectivity index (χ1n) is 6.66. The summed E-state index contributed by atoms with van der Waals surface area (Å²) in [4.78, 5) is 12.9. The highest BCUT2D eigenvalue weighted by Crippen LogP contribution is 2.32. The zero-order valence-corrected chi connectivity index (χ0v) is 10.9. The highest BCUT2D eigenvalue weighted by molar-refractivity contribution is 5.66. The lowest BCUT2D eigenvalue weighted by molar-refractivity contribution is -0.137. The third kappa shape index (κ3) is 3.33. The van der Waals surface area contributed by atoms with Gasteiger partial charge < -0.3 is 10.0 Å². The zero-order valence-electron chi connectivity index (χ0n) is 10.9. The molecule has 2 rings (SSSR count). The molecule has 2 atom stereocenters. The number of hydrogen-bond donors (Lipinski definition) is 1. The van der Waals surface area contributed by atoms with Crippen LogP contribution < -0.4 is 0 Å². The summed E-state index contributed by atoms with van der Waals surface area (Å²) >= 11 is 0. The van der Waals surface area contributed by atoms with E-state index in [4.69, 9.17) is 5.11 Å². The number of nitrogens with zero attached hydrogens (tertiary/aromatic N) is 1. The Hall–Kier alpha value is -1.35. The van der Waals surface area contributed by atoms with Crippen LogP contribution in [0.2, 0.25) is 0 Å². The van der Waals surface area contributed by atoms with E-state index in [-0.39, 0.29) is 6.42 Å². The van der Waals surface area contributed by atoms with E-state index in [1.54, 1.807) is 0 Å². The monoisotopic (exact) mass is 247 g/mol. The molecule has 0 radical (unpaired) electrons. The molecule has 0 spiro atoms. The van der Waals surface area contributed by atoms with Crippen LogP contribution >= 0.6 is 0 Å². The standard InChI is InChI=1S/C15H21NO2/c1-12-11-16(10-8-15(17)18)9-7-14(12)13-5-3-2-4-6-13/h2-6,12,14H,7-11H2,1H3,(H,17,18)/t12-,14+/m1/s1. The molecule has 0 aliphatic carbocycles. The maximum absolute atomic E-state index is 10.6. The minimum Gasteiger partial charge on any atom is -0.481 e. The Labute approximate surface area is 108 Å². The number of likely N-dealkylation sites (tertiary alicyclic amines) is 1. The molecule has 98 valence electrons. The van der Waals surface area contributed by atoms with Crippen molar-refractivity contribution in [3.8, 4) is 0 Å². The number of rotatable bonds is 4. The van der Waals surface area contributed by atoms with Crippen LogP contribution in [0.5, 0.6) is 0 Å². The molecule has 0 saturated carbocycles. The second kappa shape index (κ2) is 6.01. The van der Waals surface area contributed by atoms with Gasteiger partial charge in [0.25, 0.3) is 0 Å². The van der Waals surface area contributed by atoms with E-state index in [0.29, 0.717) is 18.4 Å². The van der Waals surface area contributed by atoms with Gasteiger partial charge in [-0.15, -0.1) is 0 Å². The van der Waals surface area contributed by atoms with Crippen LogP contribution in [-0.4, -0.2) is 35.6 Å². The lowest BCUT2D eigenvalue weighted by Crippen LogP contribution is -2.39. The van der Waals surface area contributed by atoms with Crippen molar-refractivity contribution in [2.24, 2.45) is 5.92 Å². The van der Waals surface area contributed by atoms with Crippen molar-refractivity contribution < 1.29 is 9.90 Å². The summed E-state index contributed by atoms with van der Waals surface area (Å²) in [5, 5.41) is 8.71. The summed E-state index contributed by atoms with van der Waals surface area (Å²) in [6.45, 7) is 4.97. The van der Waals surface area contributed by atoms with Crippen LogP contribution in [0.4, 0.5) is 0 Å². The first-order chi connectivity index (χ1) is 8.66. The second-order valence-corrected chi connectivity index (χ2v) is 5.23. The van der Waals surface area contributed by atoms with Crippen LogP contribution in [0, 0.1) is 5.92 Å². The summed E-state index contributed by atoms with van der Waals surface area (Å²) < 4.78 is 0. The van der Waals surface area contributed by atoms with Crippen molar-refractivity contribution in [3.05, 3.63) is 35.9 Å². The molecule has 1 N–H and O–H groups in total. The van der Waals surface area contributed by atoms with Crippen LogP contribution in [0.1, 0.15) is 31.2 Å². The Morgan fingerprint density at radius 2 is 2.11 bits per heavy atom. The minimum atomic E-state index is -0.701. The molecule has 1 aliphatic rings. The second-order valence-electron chi connectivity index (χ2n) is 5.23. The Balaban J connectivity index is 1.91. The first kappa shape index (κ1) is 13.1. The van der Waals surface area contributed by atoms with Gasteiger partial charge in [-0.25, -0.2) is 0 Å². The zero-order chi connectivity index (χ0) is 13.0. The predicted octanol–water partition coefficient (Wildman–Crippen LogP) is 2.59. The summed E-state index contributed by atoms with van der Waals surface area (Å²) in [5.41, 5.74) is 1.42. The van der Waals surface area contributed by atoms with E-state index in [2.05, 4.69) is 42.2 Å². The lowest BCUT2D eigenvalue weighted by atomic mass is 9.81. The van der Waals surface area contributed by atoms with E-state index in [1.165, 1.54) is 5.56 Å². The van der Waals surface area contributed by atoms with Gasteiger partial charge in [-0.3, -0.25) is 4.79 Å². The Morgan fingerprint density at radius 3 is 2.72 bits per heavy atom. The Kier molecular flexibility index (Phi) is 4.37.